The van der Waals surface area contributed by atoms with Crippen LogP contribution in [0.1, 0.15) is 37.2 Å². The summed E-state index contributed by atoms with van der Waals surface area (Å²) in [6.45, 7) is 4.38. The molecule has 1 heterocycles. The summed E-state index contributed by atoms with van der Waals surface area (Å²) < 4.78 is 13.7. The average molecular weight is 321 g/mol. The summed E-state index contributed by atoms with van der Waals surface area (Å²) in [5, 5.41) is 4.93. The predicted octanol–water partition coefficient (Wildman–Crippen LogP) is 3.20. The van der Waals surface area contributed by atoms with E-state index in [2.05, 4.69) is 10.3 Å². The van der Waals surface area contributed by atoms with E-state index < -0.39 is 5.54 Å². The normalized spacial score (nSPS) is 11.5. The maximum atomic E-state index is 13.7. The van der Waals surface area contributed by atoms with Gasteiger partial charge in [0, 0.05) is 23.0 Å². The Kier molecular flexibility index (Phi) is 5.26. The van der Waals surface area contributed by atoms with Crippen LogP contribution in [-0.4, -0.2) is 23.0 Å². The molecule has 22 heavy (non-hydrogen) atoms. The second-order valence-corrected chi connectivity index (χ2v) is 6.13. The number of hydrogen-bond acceptors (Lipinski definition) is 4. The number of hydrogen-bond donors (Lipinski definition) is 2. The minimum absolute atomic E-state index is 0.282. The van der Waals surface area contributed by atoms with Crippen molar-refractivity contribution in [3.8, 4) is 10.6 Å². The number of halogens is 1. The predicted molar refractivity (Wildman–Crippen MR) is 87.3 cm³/mol. The summed E-state index contributed by atoms with van der Waals surface area (Å²) in [5.74, 6) is -0.627. The van der Waals surface area contributed by atoms with Crippen LogP contribution in [0.25, 0.3) is 10.6 Å². The minimum Gasteiger partial charge on any atom is -0.349 e. The molecule has 0 unspecified atom stereocenters. The molecule has 0 radical (unpaired) electrons. The van der Waals surface area contributed by atoms with Gasteiger partial charge in [0.25, 0.3) is 5.91 Å². The number of benzene rings is 1. The van der Waals surface area contributed by atoms with Crippen molar-refractivity contribution in [2.45, 2.75) is 32.2 Å². The van der Waals surface area contributed by atoms with E-state index >= 15 is 0 Å². The van der Waals surface area contributed by atoms with Crippen molar-refractivity contribution in [1.82, 2.24) is 10.3 Å². The fraction of sp³-hybridized carbons (Fsp3) is 0.375. The van der Waals surface area contributed by atoms with Gasteiger partial charge in [0.05, 0.1) is 0 Å². The molecule has 0 fully saturated rings. The van der Waals surface area contributed by atoms with Crippen molar-refractivity contribution in [2.75, 3.05) is 6.54 Å². The van der Waals surface area contributed by atoms with Crippen molar-refractivity contribution in [2.24, 2.45) is 5.73 Å². The third-order valence-electron chi connectivity index (χ3n) is 3.85. The monoisotopic (exact) mass is 321 g/mol. The Morgan fingerprint density at radius 3 is 2.68 bits per heavy atom. The van der Waals surface area contributed by atoms with E-state index in [0.717, 1.165) is 12.8 Å². The molecule has 0 spiro atoms. The lowest BCUT2D eigenvalue weighted by molar-refractivity contribution is 0.0938. The van der Waals surface area contributed by atoms with Crippen LogP contribution in [0.5, 0.6) is 0 Å². The maximum Gasteiger partial charge on any atom is 0.270 e. The standard InChI is InChI=1S/C16H20FN3OS/c1-3-16(18,4-2)10-19-14(21)13-9-22-15(20-13)11-7-5-6-8-12(11)17/h5-9H,3-4,10,18H2,1-2H3,(H,19,21). The quantitative estimate of drug-likeness (QED) is 0.858. The van der Waals surface area contributed by atoms with E-state index in [1.54, 1.807) is 23.6 Å². The Morgan fingerprint density at radius 1 is 1.36 bits per heavy atom. The lowest BCUT2D eigenvalue weighted by atomic mass is 9.94. The molecular formula is C16H20FN3OS. The molecule has 1 amide bonds. The highest BCUT2D eigenvalue weighted by molar-refractivity contribution is 7.13. The highest BCUT2D eigenvalue weighted by Crippen LogP contribution is 2.26. The van der Waals surface area contributed by atoms with E-state index in [-0.39, 0.29) is 17.4 Å². The molecule has 1 aromatic carbocycles. The topological polar surface area (TPSA) is 68.0 Å². The van der Waals surface area contributed by atoms with Crippen LogP contribution in [0.3, 0.4) is 0 Å². The summed E-state index contributed by atoms with van der Waals surface area (Å²) in [6, 6.07) is 6.39. The van der Waals surface area contributed by atoms with Crippen LogP contribution >= 0.6 is 11.3 Å². The molecular weight excluding hydrogens is 301 g/mol. The first-order chi connectivity index (χ1) is 10.5. The largest absolute Gasteiger partial charge is 0.349 e. The number of amides is 1. The third-order valence-corrected chi connectivity index (χ3v) is 4.73. The van der Waals surface area contributed by atoms with Crippen LogP contribution in [0.15, 0.2) is 29.6 Å². The van der Waals surface area contributed by atoms with Gasteiger partial charge >= 0.3 is 0 Å². The van der Waals surface area contributed by atoms with Crippen LogP contribution in [0.4, 0.5) is 4.39 Å². The minimum atomic E-state index is -0.403. The van der Waals surface area contributed by atoms with Crippen LogP contribution in [0.2, 0.25) is 0 Å². The fourth-order valence-electron chi connectivity index (χ4n) is 1.98. The van der Waals surface area contributed by atoms with Gasteiger partial charge in [-0.25, -0.2) is 9.37 Å². The van der Waals surface area contributed by atoms with E-state index in [9.17, 15) is 9.18 Å². The van der Waals surface area contributed by atoms with Gasteiger partial charge in [-0.05, 0) is 25.0 Å². The van der Waals surface area contributed by atoms with E-state index in [1.165, 1.54) is 17.4 Å². The maximum absolute atomic E-state index is 13.7. The van der Waals surface area contributed by atoms with E-state index in [4.69, 9.17) is 5.73 Å². The van der Waals surface area contributed by atoms with Gasteiger partial charge in [0.2, 0.25) is 0 Å². The van der Waals surface area contributed by atoms with Crippen LogP contribution in [0, 0.1) is 5.82 Å². The highest BCUT2D eigenvalue weighted by atomic mass is 32.1. The Morgan fingerprint density at radius 2 is 2.05 bits per heavy atom. The van der Waals surface area contributed by atoms with Crippen molar-refractivity contribution in [1.29, 1.82) is 0 Å². The first-order valence-electron chi connectivity index (χ1n) is 7.26. The smallest absolute Gasteiger partial charge is 0.270 e. The molecule has 0 aliphatic carbocycles. The number of thiazole rings is 1. The summed E-state index contributed by atoms with van der Waals surface area (Å²) in [7, 11) is 0. The van der Waals surface area contributed by atoms with Gasteiger partial charge in [-0.2, -0.15) is 0 Å². The first kappa shape index (κ1) is 16.6. The lowest BCUT2D eigenvalue weighted by Gasteiger charge is -2.26. The van der Waals surface area contributed by atoms with Gasteiger partial charge in [0.15, 0.2) is 0 Å². The van der Waals surface area contributed by atoms with Crippen molar-refractivity contribution >= 4 is 17.2 Å². The number of aromatic nitrogens is 1. The number of nitrogens with zero attached hydrogens (tertiary/aromatic N) is 1. The molecule has 6 heteroatoms. The average Bonchev–Trinajstić information content (AvgIpc) is 3.02. The SMILES string of the molecule is CCC(N)(CC)CNC(=O)c1csc(-c2ccccc2F)n1. The third kappa shape index (κ3) is 3.69. The van der Waals surface area contributed by atoms with Crippen LogP contribution < -0.4 is 11.1 Å². The summed E-state index contributed by atoms with van der Waals surface area (Å²) >= 11 is 1.25. The Bertz CT molecular complexity index is 652. The number of nitrogens with two attached hydrogens (primary N) is 1. The zero-order chi connectivity index (χ0) is 16.2. The van der Waals surface area contributed by atoms with Gasteiger partial charge in [-0.3, -0.25) is 4.79 Å². The number of rotatable bonds is 6. The number of carbonyl (C=O) groups is 1. The lowest BCUT2D eigenvalue weighted by Crippen LogP contribution is -2.49. The number of carbonyl (C=O) groups excluding carboxylic acids is 1. The van der Waals surface area contributed by atoms with Crippen molar-refractivity contribution in [3.63, 3.8) is 0 Å². The highest BCUT2D eigenvalue weighted by Gasteiger charge is 2.22. The molecule has 0 saturated carbocycles. The summed E-state index contributed by atoms with van der Waals surface area (Å²) in [5.41, 5.74) is 6.45. The van der Waals surface area contributed by atoms with Crippen molar-refractivity contribution < 1.29 is 9.18 Å². The zero-order valence-electron chi connectivity index (χ0n) is 12.7. The zero-order valence-corrected chi connectivity index (χ0v) is 13.5. The molecule has 0 atom stereocenters. The molecule has 0 aliphatic heterocycles. The molecule has 2 rings (SSSR count). The van der Waals surface area contributed by atoms with Gasteiger partial charge in [0.1, 0.15) is 16.5 Å². The van der Waals surface area contributed by atoms with E-state index in [0.29, 0.717) is 17.1 Å². The molecule has 4 nitrogen and oxygen atoms in total. The number of nitrogens with one attached hydrogen (secondary N) is 1. The molecule has 118 valence electrons. The van der Waals surface area contributed by atoms with Crippen LogP contribution in [-0.2, 0) is 0 Å². The summed E-state index contributed by atoms with van der Waals surface area (Å²) in [4.78, 5) is 16.4. The Balaban J connectivity index is 2.08. The van der Waals surface area contributed by atoms with Gasteiger partial charge in [-0.1, -0.05) is 26.0 Å². The Hall–Kier alpha value is -1.79. The summed E-state index contributed by atoms with van der Waals surface area (Å²) in [6.07, 6.45) is 1.56. The molecule has 0 bridgehead atoms. The Labute approximate surface area is 133 Å². The molecule has 0 saturated heterocycles. The molecule has 0 aliphatic rings. The van der Waals surface area contributed by atoms with Crippen molar-refractivity contribution in [3.05, 3.63) is 41.2 Å². The van der Waals surface area contributed by atoms with Gasteiger partial charge in [-0.15, -0.1) is 11.3 Å². The fourth-order valence-corrected chi connectivity index (χ4v) is 2.81. The molecule has 2 aromatic rings. The molecule has 1 aromatic heterocycles. The first-order valence-corrected chi connectivity index (χ1v) is 8.14. The van der Waals surface area contributed by atoms with E-state index in [1.807, 2.05) is 13.8 Å². The second-order valence-electron chi connectivity index (χ2n) is 5.27. The van der Waals surface area contributed by atoms with Gasteiger partial charge < -0.3 is 11.1 Å². The molecule has 3 N–H and O–H groups in total. The second kappa shape index (κ2) is 6.98.